The molecule has 0 aliphatic carbocycles. The van der Waals surface area contributed by atoms with Crippen LogP contribution in [0.15, 0.2) is 51.4 Å². The van der Waals surface area contributed by atoms with Gasteiger partial charge in [-0.05, 0) is 42.6 Å². The molecule has 1 atom stereocenters. The molecular formula is C14H14BrN3OS. The lowest BCUT2D eigenvalue weighted by Crippen LogP contribution is -2.34. The summed E-state index contributed by atoms with van der Waals surface area (Å²) in [5.74, 6) is -0.180. The van der Waals surface area contributed by atoms with Crippen LogP contribution in [0.25, 0.3) is 0 Å². The van der Waals surface area contributed by atoms with Gasteiger partial charge in [0.15, 0.2) is 0 Å². The third-order valence-corrected chi connectivity index (χ3v) is 3.87. The summed E-state index contributed by atoms with van der Waals surface area (Å²) in [7, 11) is 0. The minimum absolute atomic E-state index is 0.180. The predicted octanol–water partition coefficient (Wildman–Crippen LogP) is 3.46. The number of rotatable bonds is 5. The number of benzene rings is 1. The molecule has 1 aromatic heterocycles. The van der Waals surface area contributed by atoms with Crippen molar-refractivity contribution in [2.45, 2.75) is 13.0 Å². The number of carbonyl (C=O) groups excluding carboxylic acids is 1. The highest BCUT2D eigenvalue weighted by molar-refractivity contribution is 9.10. The van der Waals surface area contributed by atoms with Crippen molar-refractivity contribution in [2.24, 2.45) is 5.10 Å². The molecule has 2 aromatic rings. The van der Waals surface area contributed by atoms with Crippen molar-refractivity contribution in [3.8, 4) is 0 Å². The van der Waals surface area contributed by atoms with E-state index < -0.39 is 0 Å². The Bertz CT molecular complexity index is 581. The molecule has 0 bridgehead atoms. The molecule has 104 valence electrons. The van der Waals surface area contributed by atoms with E-state index in [0.29, 0.717) is 0 Å². The quantitative estimate of drug-likeness (QED) is 0.640. The van der Waals surface area contributed by atoms with E-state index in [0.717, 1.165) is 15.0 Å². The maximum Gasteiger partial charge on any atom is 0.262 e. The number of anilines is 1. The third-order valence-electron chi connectivity index (χ3n) is 2.53. The number of nitrogens with zero attached hydrogens (tertiary/aromatic N) is 1. The SMILES string of the molecule is CC(Nc1ccc(Br)cc1)C(=O)NN=Cc1cccs1. The zero-order valence-electron chi connectivity index (χ0n) is 10.8. The molecule has 0 aliphatic heterocycles. The molecule has 0 fully saturated rings. The van der Waals surface area contributed by atoms with Gasteiger partial charge in [-0.1, -0.05) is 22.0 Å². The summed E-state index contributed by atoms with van der Waals surface area (Å²) in [6.07, 6.45) is 1.63. The molecule has 2 rings (SSSR count). The number of hydrogen-bond donors (Lipinski definition) is 2. The number of nitrogens with one attached hydrogen (secondary N) is 2. The van der Waals surface area contributed by atoms with Gasteiger partial charge in [-0.15, -0.1) is 11.3 Å². The van der Waals surface area contributed by atoms with Crippen molar-refractivity contribution < 1.29 is 4.79 Å². The Morgan fingerprint density at radius 2 is 2.10 bits per heavy atom. The number of hydrazone groups is 1. The summed E-state index contributed by atoms with van der Waals surface area (Å²) < 4.78 is 1.00. The van der Waals surface area contributed by atoms with Crippen molar-refractivity contribution in [1.29, 1.82) is 0 Å². The first kappa shape index (κ1) is 14.7. The first-order valence-corrected chi connectivity index (χ1v) is 7.71. The summed E-state index contributed by atoms with van der Waals surface area (Å²) in [4.78, 5) is 12.8. The van der Waals surface area contributed by atoms with Crippen LogP contribution in [0.4, 0.5) is 5.69 Å². The largest absolute Gasteiger partial charge is 0.374 e. The van der Waals surface area contributed by atoms with Gasteiger partial charge >= 0.3 is 0 Å². The van der Waals surface area contributed by atoms with Crippen LogP contribution in [0, 0.1) is 0 Å². The molecule has 20 heavy (non-hydrogen) atoms. The Morgan fingerprint density at radius 3 is 2.75 bits per heavy atom. The van der Waals surface area contributed by atoms with Gasteiger partial charge in [-0.2, -0.15) is 5.10 Å². The summed E-state index contributed by atoms with van der Waals surface area (Å²) in [6.45, 7) is 1.79. The molecule has 1 unspecified atom stereocenters. The summed E-state index contributed by atoms with van der Waals surface area (Å²) in [5.41, 5.74) is 3.40. The van der Waals surface area contributed by atoms with E-state index in [1.54, 1.807) is 24.5 Å². The zero-order chi connectivity index (χ0) is 14.4. The van der Waals surface area contributed by atoms with Crippen LogP contribution >= 0.6 is 27.3 Å². The Hall–Kier alpha value is -1.66. The van der Waals surface area contributed by atoms with Gasteiger partial charge in [-0.25, -0.2) is 5.43 Å². The van der Waals surface area contributed by atoms with Crippen LogP contribution in [-0.4, -0.2) is 18.2 Å². The van der Waals surface area contributed by atoms with E-state index in [4.69, 9.17) is 0 Å². The van der Waals surface area contributed by atoms with Gasteiger partial charge in [0.2, 0.25) is 0 Å². The Morgan fingerprint density at radius 1 is 1.35 bits per heavy atom. The lowest BCUT2D eigenvalue weighted by atomic mass is 10.2. The van der Waals surface area contributed by atoms with Gasteiger partial charge in [0, 0.05) is 15.0 Å². The molecule has 2 N–H and O–H groups in total. The van der Waals surface area contributed by atoms with Crippen molar-refractivity contribution in [3.05, 3.63) is 51.1 Å². The number of amides is 1. The second-order valence-electron chi connectivity index (χ2n) is 4.12. The van der Waals surface area contributed by atoms with Gasteiger partial charge in [-0.3, -0.25) is 4.79 Å². The topological polar surface area (TPSA) is 53.5 Å². The van der Waals surface area contributed by atoms with Gasteiger partial charge in [0.25, 0.3) is 5.91 Å². The zero-order valence-corrected chi connectivity index (χ0v) is 13.2. The minimum atomic E-state index is -0.364. The van der Waals surface area contributed by atoms with Crippen molar-refractivity contribution in [1.82, 2.24) is 5.43 Å². The van der Waals surface area contributed by atoms with Gasteiger partial charge in [0.05, 0.1) is 6.21 Å². The maximum atomic E-state index is 11.8. The Balaban J connectivity index is 1.84. The smallest absolute Gasteiger partial charge is 0.262 e. The van der Waals surface area contributed by atoms with E-state index in [2.05, 4.69) is 31.8 Å². The fraction of sp³-hybridized carbons (Fsp3) is 0.143. The van der Waals surface area contributed by atoms with Crippen molar-refractivity contribution >= 4 is 45.1 Å². The first-order chi connectivity index (χ1) is 9.65. The average molecular weight is 352 g/mol. The number of thiophene rings is 1. The van der Waals surface area contributed by atoms with Crippen molar-refractivity contribution in [2.75, 3.05) is 5.32 Å². The van der Waals surface area contributed by atoms with Crippen LogP contribution in [-0.2, 0) is 4.79 Å². The fourth-order valence-electron chi connectivity index (χ4n) is 1.48. The normalized spacial score (nSPS) is 12.3. The molecule has 6 heteroatoms. The molecule has 0 spiro atoms. The number of halogens is 1. The molecule has 0 saturated heterocycles. The third kappa shape index (κ3) is 4.47. The number of carbonyl (C=O) groups is 1. The Kier molecular flexibility index (Phi) is 5.31. The molecule has 4 nitrogen and oxygen atoms in total. The minimum Gasteiger partial charge on any atom is -0.374 e. The van der Waals surface area contributed by atoms with Gasteiger partial charge in [0.1, 0.15) is 6.04 Å². The van der Waals surface area contributed by atoms with E-state index in [1.807, 2.05) is 41.8 Å². The van der Waals surface area contributed by atoms with Crippen molar-refractivity contribution in [3.63, 3.8) is 0 Å². The molecule has 0 radical (unpaired) electrons. The van der Waals surface area contributed by atoms with Crippen LogP contribution in [0.1, 0.15) is 11.8 Å². The first-order valence-electron chi connectivity index (χ1n) is 6.03. The molecule has 1 amide bonds. The second kappa shape index (κ2) is 7.21. The highest BCUT2D eigenvalue weighted by Crippen LogP contribution is 2.14. The fourth-order valence-corrected chi connectivity index (χ4v) is 2.33. The molecule has 1 aromatic carbocycles. The summed E-state index contributed by atoms with van der Waals surface area (Å²) in [5, 5.41) is 9.00. The Labute approximate surface area is 130 Å². The maximum absolute atomic E-state index is 11.8. The average Bonchev–Trinajstić information content (AvgIpc) is 2.94. The van der Waals surface area contributed by atoms with Crippen LogP contribution < -0.4 is 10.7 Å². The standard InChI is InChI=1S/C14H14BrN3OS/c1-10(17-12-6-4-11(15)5-7-12)14(19)18-16-9-13-3-2-8-20-13/h2-10,17H,1H3,(H,18,19). The predicted molar refractivity (Wildman–Crippen MR) is 87.3 cm³/mol. The van der Waals surface area contributed by atoms with Gasteiger partial charge < -0.3 is 5.32 Å². The highest BCUT2D eigenvalue weighted by atomic mass is 79.9. The van der Waals surface area contributed by atoms with Crippen LogP contribution in [0.3, 0.4) is 0 Å². The summed E-state index contributed by atoms with van der Waals surface area (Å²) >= 11 is 4.93. The number of hydrogen-bond acceptors (Lipinski definition) is 4. The van der Waals surface area contributed by atoms with E-state index in [1.165, 1.54) is 0 Å². The van der Waals surface area contributed by atoms with E-state index >= 15 is 0 Å². The highest BCUT2D eigenvalue weighted by Gasteiger charge is 2.11. The van der Waals surface area contributed by atoms with E-state index in [9.17, 15) is 4.79 Å². The lowest BCUT2D eigenvalue weighted by Gasteiger charge is -2.13. The van der Waals surface area contributed by atoms with Crippen LogP contribution in [0.2, 0.25) is 0 Å². The monoisotopic (exact) mass is 351 g/mol. The molecular weight excluding hydrogens is 338 g/mol. The molecule has 0 saturated carbocycles. The summed E-state index contributed by atoms with van der Waals surface area (Å²) in [6, 6.07) is 11.2. The van der Waals surface area contributed by atoms with Crippen LogP contribution in [0.5, 0.6) is 0 Å². The lowest BCUT2D eigenvalue weighted by molar-refractivity contribution is -0.121. The second-order valence-corrected chi connectivity index (χ2v) is 6.02. The van der Waals surface area contributed by atoms with E-state index in [-0.39, 0.29) is 11.9 Å². The molecule has 0 aliphatic rings. The molecule has 1 heterocycles.